The second kappa shape index (κ2) is 10.4. The fraction of sp³-hybridized carbons (Fsp3) is 0.300. The lowest BCUT2D eigenvalue weighted by atomic mass is 10.1. The van der Waals surface area contributed by atoms with E-state index in [1.165, 1.54) is 0 Å². The number of ether oxygens (including phenoxy) is 1. The van der Waals surface area contributed by atoms with Crippen molar-refractivity contribution >= 4 is 23.5 Å². The number of nitrogens with two attached hydrogens (primary N) is 1. The van der Waals surface area contributed by atoms with Gasteiger partial charge in [0.05, 0.1) is 13.7 Å². The summed E-state index contributed by atoms with van der Waals surface area (Å²) in [7, 11) is 1.62. The van der Waals surface area contributed by atoms with Crippen molar-refractivity contribution in [2.24, 2.45) is 10.7 Å². The summed E-state index contributed by atoms with van der Waals surface area (Å²) in [6.07, 6.45) is 0.754. The van der Waals surface area contributed by atoms with Crippen LogP contribution in [0.3, 0.4) is 0 Å². The van der Waals surface area contributed by atoms with Gasteiger partial charge in [0.25, 0.3) is 0 Å². The number of carbonyl (C=O) groups excluding carboxylic acids is 1. The van der Waals surface area contributed by atoms with E-state index in [1.807, 2.05) is 31.2 Å². The highest BCUT2D eigenvalue weighted by molar-refractivity contribution is 6.31. The summed E-state index contributed by atoms with van der Waals surface area (Å²) < 4.78 is 5.16. The Bertz CT molecular complexity index is 808. The number of nitrogens with zero attached hydrogens (tertiary/aromatic N) is 1. The molecule has 0 fully saturated rings. The summed E-state index contributed by atoms with van der Waals surface area (Å²) in [6.45, 7) is 3.88. The van der Waals surface area contributed by atoms with E-state index in [9.17, 15) is 4.79 Å². The van der Waals surface area contributed by atoms with E-state index in [-0.39, 0.29) is 0 Å². The minimum atomic E-state index is -0.442. The number of nitrogens with one attached hydrogen (secondary N) is 2. The highest BCUT2D eigenvalue weighted by Gasteiger charge is 2.04. The molecule has 0 aliphatic heterocycles. The molecule has 2 aromatic carbocycles. The Balaban J connectivity index is 1.95. The summed E-state index contributed by atoms with van der Waals surface area (Å²) in [6, 6.07) is 12.8. The van der Waals surface area contributed by atoms with Gasteiger partial charge in [-0.2, -0.15) is 0 Å². The Kier molecular flexibility index (Phi) is 7.95. The molecule has 0 heterocycles. The Labute approximate surface area is 164 Å². The number of benzene rings is 2. The molecule has 6 nitrogen and oxygen atoms in total. The minimum Gasteiger partial charge on any atom is -0.497 e. The molecule has 0 atom stereocenters. The van der Waals surface area contributed by atoms with Gasteiger partial charge in [0.2, 0.25) is 5.91 Å². The van der Waals surface area contributed by atoms with E-state index in [1.54, 1.807) is 25.3 Å². The number of hydrogen-bond donors (Lipinski definition) is 3. The first kappa shape index (κ1) is 20.6. The molecule has 144 valence electrons. The predicted molar refractivity (Wildman–Crippen MR) is 109 cm³/mol. The molecule has 7 heteroatoms. The standard InChI is InChI=1S/C20H25ClN4O2/c1-3-23-20(25-13-14-5-4-6-16(11-14)19(22)26)24-10-9-15-7-8-17(27-2)12-18(15)21/h4-8,11-12H,3,9-10,13H2,1-2H3,(H2,22,26)(H2,23,24,25). The van der Waals surface area contributed by atoms with Crippen LogP contribution in [0.15, 0.2) is 47.5 Å². The Morgan fingerprint density at radius 3 is 2.70 bits per heavy atom. The van der Waals surface area contributed by atoms with Crippen molar-refractivity contribution in [3.63, 3.8) is 0 Å². The van der Waals surface area contributed by atoms with Gasteiger partial charge in [-0.3, -0.25) is 4.79 Å². The topological polar surface area (TPSA) is 88.7 Å². The third kappa shape index (κ3) is 6.49. The molecule has 0 saturated carbocycles. The highest BCUT2D eigenvalue weighted by atomic mass is 35.5. The Morgan fingerprint density at radius 1 is 1.22 bits per heavy atom. The molecule has 0 unspecified atom stereocenters. The van der Waals surface area contributed by atoms with E-state index in [4.69, 9.17) is 22.1 Å². The SMILES string of the molecule is CCNC(=NCc1cccc(C(N)=O)c1)NCCc1ccc(OC)cc1Cl. The molecule has 0 aliphatic carbocycles. The van der Waals surface area contributed by atoms with Crippen molar-refractivity contribution in [3.05, 3.63) is 64.2 Å². The van der Waals surface area contributed by atoms with Crippen LogP contribution in [0.1, 0.15) is 28.4 Å². The maximum Gasteiger partial charge on any atom is 0.248 e. The molecular formula is C20H25ClN4O2. The van der Waals surface area contributed by atoms with Crippen molar-refractivity contribution in [1.82, 2.24) is 10.6 Å². The van der Waals surface area contributed by atoms with Crippen molar-refractivity contribution in [1.29, 1.82) is 0 Å². The summed E-state index contributed by atoms with van der Waals surface area (Å²) in [5, 5.41) is 7.18. The lowest BCUT2D eigenvalue weighted by molar-refractivity contribution is 0.1000. The zero-order valence-corrected chi connectivity index (χ0v) is 16.3. The Morgan fingerprint density at radius 2 is 2.04 bits per heavy atom. The van der Waals surface area contributed by atoms with Crippen LogP contribution >= 0.6 is 11.6 Å². The average molecular weight is 389 g/mol. The molecular weight excluding hydrogens is 364 g/mol. The van der Waals surface area contributed by atoms with Crippen molar-refractivity contribution < 1.29 is 9.53 Å². The van der Waals surface area contributed by atoms with Crippen LogP contribution in [0, 0.1) is 0 Å². The molecule has 2 rings (SSSR count). The fourth-order valence-electron chi connectivity index (χ4n) is 2.51. The lowest BCUT2D eigenvalue weighted by Gasteiger charge is -2.12. The summed E-state index contributed by atoms with van der Waals surface area (Å²) in [5.74, 6) is 0.999. The number of carbonyl (C=O) groups is 1. The van der Waals surface area contributed by atoms with Gasteiger partial charge < -0.3 is 21.1 Å². The molecule has 0 aliphatic rings. The smallest absolute Gasteiger partial charge is 0.248 e. The summed E-state index contributed by atoms with van der Waals surface area (Å²) >= 11 is 6.27. The lowest BCUT2D eigenvalue weighted by Crippen LogP contribution is -2.38. The number of rotatable bonds is 8. The van der Waals surface area contributed by atoms with Crippen LogP contribution in [-0.4, -0.2) is 32.1 Å². The molecule has 0 aromatic heterocycles. The maximum absolute atomic E-state index is 11.3. The first-order valence-electron chi connectivity index (χ1n) is 8.76. The molecule has 27 heavy (non-hydrogen) atoms. The number of aliphatic imine (C=N–C) groups is 1. The second-order valence-corrected chi connectivity index (χ2v) is 6.30. The minimum absolute atomic E-state index is 0.442. The first-order valence-corrected chi connectivity index (χ1v) is 9.14. The van der Waals surface area contributed by atoms with Gasteiger partial charge in [-0.25, -0.2) is 4.99 Å². The van der Waals surface area contributed by atoms with Crippen molar-refractivity contribution in [3.8, 4) is 5.75 Å². The number of primary amides is 1. The van der Waals surface area contributed by atoms with Crippen LogP contribution < -0.4 is 21.1 Å². The molecule has 2 aromatic rings. The van der Waals surface area contributed by atoms with E-state index >= 15 is 0 Å². The fourth-order valence-corrected chi connectivity index (χ4v) is 2.77. The third-order valence-electron chi connectivity index (χ3n) is 3.92. The van der Waals surface area contributed by atoms with Gasteiger partial charge in [0, 0.05) is 23.7 Å². The van der Waals surface area contributed by atoms with Crippen LogP contribution in [-0.2, 0) is 13.0 Å². The zero-order valence-electron chi connectivity index (χ0n) is 15.6. The Hall–Kier alpha value is -2.73. The third-order valence-corrected chi connectivity index (χ3v) is 4.27. The maximum atomic E-state index is 11.3. The summed E-state index contributed by atoms with van der Waals surface area (Å²) in [5.41, 5.74) is 7.76. The van der Waals surface area contributed by atoms with Gasteiger partial charge in [-0.05, 0) is 48.7 Å². The molecule has 1 amide bonds. The van der Waals surface area contributed by atoms with Crippen LogP contribution in [0.25, 0.3) is 0 Å². The normalized spacial score (nSPS) is 11.1. The van der Waals surface area contributed by atoms with Crippen molar-refractivity contribution in [2.75, 3.05) is 20.2 Å². The van der Waals surface area contributed by atoms with Gasteiger partial charge in [-0.15, -0.1) is 0 Å². The van der Waals surface area contributed by atoms with E-state index in [0.717, 1.165) is 29.8 Å². The largest absolute Gasteiger partial charge is 0.497 e. The quantitative estimate of drug-likeness (QED) is 0.479. The predicted octanol–water partition coefficient (Wildman–Crippen LogP) is 2.75. The first-order chi connectivity index (χ1) is 13.0. The average Bonchev–Trinajstić information content (AvgIpc) is 2.67. The monoisotopic (exact) mass is 388 g/mol. The second-order valence-electron chi connectivity index (χ2n) is 5.89. The van der Waals surface area contributed by atoms with Crippen molar-refractivity contribution in [2.45, 2.75) is 19.9 Å². The molecule has 0 radical (unpaired) electrons. The number of amides is 1. The van der Waals surface area contributed by atoms with Gasteiger partial charge in [0.1, 0.15) is 5.75 Å². The van der Waals surface area contributed by atoms with Gasteiger partial charge >= 0.3 is 0 Å². The molecule has 0 saturated heterocycles. The van der Waals surface area contributed by atoms with E-state index in [0.29, 0.717) is 29.6 Å². The molecule has 4 N–H and O–H groups in total. The van der Waals surface area contributed by atoms with E-state index < -0.39 is 5.91 Å². The number of methoxy groups -OCH3 is 1. The van der Waals surface area contributed by atoms with Gasteiger partial charge in [-0.1, -0.05) is 29.8 Å². The van der Waals surface area contributed by atoms with Crippen LogP contribution in [0.4, 0.5) is 0 Å². The highest BCUT2D eigenvalue weighted by Crippen LogP contribution is 2.22. The van der Waals surface area contributed by atoms with Gasteiger partial charge in [0.15, 0.2) is 5.96 Å². The summed E-state index contributed by atoms with van der Waals surface area (Å²) in [4.78, 5) is 15.8. The molecule has 0 bridgehead atoms. The van der Waals surface area contributed by atoms with Crippen LogP contribution in [0.5, 0.6) is 5.75 Å². The number of guanidine groups is 1. The van der Waals surface area contributed by atoms with Crippen LogP contribution in [0.2, 0.25) is 5.02 Å². The van der Waals surface area contributed by atoms with E-state index in [2.05, 4.69) is 15.6 Å². The molecule has 0 spiro atoms. The zero-order chi connectivity index (χ0) is 19.6. The number of halogens is 1. The number of hydrogen-bond acceptors (Lipinski definition) is 3.